The third-order valence-electron chi connectivity index (χ3n) is 4.40. The first-order valence-electron chi connectivity index (χ1n) is 9.22. The molecule has 14 nitrogen and oxygen atoms in total. The van der Waals surface area contributed by atoms with Crippen molar-refractivity contribution in [3.8, 4) is 0 Å². The fraction of sp³-hybridized carbons (Fsp3) is 0.529. The highest BCUT2D eigenvalue weighted by molar-refractivity contribution is 7.90. The summed E-state index contributed by atoms with van der Waals surface area (Å²) in [6, 6.07) is 0. The topological polar surface area (TPSA) is 192 Å². The highest BCUT2D eigenvalue weighted by Crippen LogP contribution is 2.38. The van der Waals surface area contributed by atoms with Gasteiger partial charge in [-0.2, -0.15) is 0 Å². The van der Waals surface area contributed by atoms with E-state index in [4.69, 9.17) is 24.7 Å². The van der Waals surface area contributed by atoms with Gasteiger partial charge >= 0.3 is 17.9 Å². The molecule has 1 fully saturated rings. The maximum atomic E-state index is 12.5. The van der Waals surface area contributed by atoms with Crippen LogP contribution in [0.1, 0.15) is 27.0 Å². The summed E-state index contributed by atoms with van der Waals surface area (Å²) in [7, 11) is -3.97. The van der Waals surface area contributed by atoms with E-state index in [1.165, 1.54) is 6.92 Å². The molecule has 3 rings (SSSR count). The Bertz CT molecular complexity index is 1180. The number of aromatic nitrogens is 4. The third kappa shape index (κ3) is 4.62. The number of hydrogen-bond donors (Lipinski definition) is 1. The number of nitrogen functional groups attached to an aromatic ring is 1. The molecule has 0 radical (unpaired) electrons. The highest BCUT2D eigenvalue weighted by atomic mass is 32.2. The molecule has 0 aromatic carbocycles. The van der Waals surface area contributed by atoms with Crippen LogP contribution in [0.4, 0.5) is 5.82 Å². The first-order valence-corrected chi connectivity index (χ1v) is 11.1. The van der Waals surface area contributed by atoms with Crippen molar-refractivity contribution in [1.82, 2.24) is 19.5 Å². The second kappa shape index (κ2) is 8.66. The Labute approximate surface area is 181 Å². The van der Waals surface area contributed by atoms with Crippen LogP contribution >= 0.6 is 0 Å². The standard InChI is InChI=1S/C17H21N5O9S/c1-7(23)28-5-10-12(29-8(2)24)13(30-9(3)25)16(31-10)22-15-11(14(18)19-6-20-15)21-17(22)32(4,26)27/h6,10,12-13,16H,5H2,1-4H3,(H2,18,19,20)/t10-,12-,13+,16-/m0/s1. The summed E-state index contributed by atoms with van der Waals surface area (Å²) in [6.45, 7) is 3.05. The van der Waals surface area contributed by atoms with Gasteiger partial charge in [0, 0.05) is 27.0 Å². The molecule has 0 aliphatic carbocycles. The van der Waals surface area contributed by atoms with Gasteiger partial charge in [0.15, 0.2) is 35.4 Å². The maximum Gasteiger partial charge on any atom is 0.303 e. The van der Waals surface area contributed by atoms with Gasteiger partial charge in [-0.25, -0.2) is 23.4 Å². The normalized spacial score (nSPS) is 23.1. The minimum Gasteiger partial charge on any atom is -0.463 e. The van der Waals surface area contributed by atoms with E-state index in [0.29, 0.717) is 0 Å². The molecule has 2 aromatic heterocycles. The molecule has 2 aromatic rings. The molecule has 1 saturated heterocycles. The quantitative estimate of drug-likeness (QED) is 0.404. The van der Waals surface area contributed by atoms with E-state index < -0.39 is 57.4 Å². The average Bonchev–Trinajstić information content (AvgIpc) is 3.19. The van der Waals surface area contributed by atoms with Gasteiger partial charge in [0.2, 0.25) is 15.0 Å². The van der Waals surface area contributed by atoms with Crippen LogP contribution < -0.4 is 5.73 Å². The van der Waals surface area contributed by atoms with Gasteiger partial charge in [-0.1, -0.05) is 0 Å². The molecule has 0 spiro atoms. The van der Waals surface area contributed by atoms with E-state index in [9.17, 15) is 22.8 Å². The van der Waals surface area contributed by atoms with Crippen LogP contribution in [0.5, 0.6) is 0 Å². The first-order chi connectivity index (χ1) is 14.9. The van der Waals surface area contributed by atoms with Crippen molar-refractivity contribution in [2.24, 2.45) is 0 Å². The van der Waals surface area contributed by atoms with Crippen LogP contribution in [0, 0.1) is 0 Å². The van der Waals surface area contributed by atoms with E-state index in [2.05, 4.69) is 15.0 Å². The number of sulfone groups is 1. The van der Waals surface area contributed by atoms with E-state index in [1.807, 2.05) is 0 Å². The predicted octanol–water partition coefficient (Wildman–Crippen LogP) is -0.864. The van der Waals surface area contributed by atoms with Crippen molar-refractivity contribution in [1.29, 1.82) is 0 Å². The molecule has 32 heavy (non-hydrogen) atoms. The van der Waals surface area contributed by atoms with Crippen molar-refractivity contribution < 1.29 is 41.7 Å². The lowest BCUT2D eigenvalue weighted by Gasteiger charge is -2.24. The lowest BCUT2D eigenvalue weighted by atomic mass is 10.1. The molecule has 0 unspecified atom stereocenters. The molecular formula is C17H21N5O9S. The molecule has 174 valence electrons. The Balaban J connectivity index is 2.20. The predicted molar refractivity (Wildman–Crippen MR) is 104 cm³/mol. The SMILES string of the molecule is CC(=O)OC[C@@H]1O[C@H](n2c(S(C)(=O)=O)nc3c(N)ncnc32)[C@H](OC(C)=O)[C@H]1OC(C)=O. The van der Waals surface area contributed by atoms with Crippen LogP contribution in [-0.4, -0.2) is 77.0 Å². The molecule has 0 bridgehead atoms. The van der Waals surface area contributed by atoms with Crippen LogP contribution in [0.15, 0.2) is 11.5 Å². The monoisotopic (exact) mass is 471 g/mol. The summed E-state index contributed by atoms with van der Waals surface area (Å²) in [6.07, 6.45) is -3.02. The van der Waals surface area contributed by atoms with Gasteiger partial charge in [0.1, 0.15) is 19.0 Å². The lowest BCUT2D eigenvalue weighted by molar-refractivity contribution is -0.166. The zero-order valence-corrected chi connectivity index (χ0v) is 18.4. The van der Waals surface area contributed by atoms with Crippen LogP contribution in [0.3, 0.4) is 0 Å². The molecule has 0 amide bonds. The number of nitrogens with zero attached hydrogens (tertiary/aromatic N) is 4. The Morgan fingerprint density at radius 3 is 2.28 bits per heavy atom. The highest BCUT2D eigenvalue weighted by Gasteiger charge is 2.52. The summed E-state index contributed by atoms with van der Waals surface area (Å²) < 4.78 is 47.5. The summed E-state index contributed by atoms with van der Waals surface area (Å²) in [5.41, 5.74) is 5.78. The largest absolute Gasteiger partial charge is 0.463 e. The lowest BCUT2D eigenvalue weighted by Crippen LogP contribution is -2.40. The van der Waals surface area contributed by atoms with E-state index >= 15 is 0 Å². The minimum atomic E-state index is -3.97. The van der Waals surface area contributed by atoms with Gasteiger partial charge < -0.3 is 24.7 Å². The van der Waals surface area contributed by atoms with Crippen LogP contribution in [0.2, 0.25) is 0 Å². The van der Waals surface area contributed by atoms with E-state index in [-0.39, 0.29) is 23.6 Å². The number of carbonyl (C=O) groups excluding carboxylic acids is 3. The average molecular weight is 471 g/mol. The first kappa shape index (κ1) is 23.3. The zero-order chi connectivity index (χ0) is 23.8. The Morgan fingerprint density at radius 2 is 1.72 bits per heavy atom. The summed E-state index contributed by atoms with van der Waals surface area (Å²) in [5, 5.41) is -0.489. The summed E-state index contributed by atoms with van der Waals surface area (Å²) >= 11 is 0. The van der Waals surface area contributed by atoms with E-state index in [1.54, 1.807) is 0 Å². The molecular weight excluding hydrogens is 450 g/mol. The minimum absolute atomic E-state index is 0.0187. The van der Waals surface area contributed by atoms with Crippen LogP contribution in [0.25, 0.3) is 11.2 Å². The van der Waals surface area contributed by atoms with Crippen molar-refractivity contribution in [3.05, 3.63) is 6.33 Å². The number of rotatable bonds is 6. The van der Waals surface area contributed by atoms with Crippen molar-refractivity contribution >= 4 is 44.7 Å². The fourth-order valence-electron chi connectivity index (χ4n) is 3.30. The summed E-state index contributed by atoms with van der Waals surface area (Å²) in [4.78, 5) is 46.7. The van der Waals surface area contributed by atoms with Crippen LogP contribution in [-0.2, 0) is 43.2 Å². The second-order valence-electron chi connectivity index (χ2n) is 6.98. The molecule has 3 heterocycles. The van der Waals surface area contributed by atoms with E-state index in [0.717, 1.165) is 31.0 Å². The van der Waals surface area contributed by atoms with Gasteiger partial charge in [0.25, 0.3) is 0 Å². The number of fused-ring (bicyclic) bond motifs is 1. The second-order valence-corrected chi connectivity index (χ2v) is 8.89. The van der Waals surface area contributed by atoms with Gasteiger partial charge in [-0.05, 0) is 0 Å². The number of esters is 3. The van der Waals surface area contributed by atoms with Gasteiger partial charge in [-0.15, -0.1) is 0 Å². The maximum absolute atomic E-state index is 12.5. The van der Waals surface area contributed by atoms with Crippen molar-refractivity contribution in [2.75, 3.05) is 18.6 Å². The van der Waals surface area contributed by atoms with Crippen molar-refractivity contribution in [3.63, 3.8) is 0 Å². The number of nitrogens with two attached hydrogens (primary N) is 1. The summed E-state index contributed by atoms with van der Waals surface area (Å²) in [5.74, 6) is -2.20. The molecule has 4 atom stereocenters. The van der Waals surface area contributed by atoms with Gasteiger partial charge in [0.05, 0.1) is 0 Å². The number of hydrogen-bond acceptors (Lipinski definition) is 13. The zero-order valence-electron chi connectivity index (χ0n) is 17.5. The molecule has 2 N–H and O–H groups in total. The molecule has 15 heteroatoms. The number of carbonyl (C=O) groups is 3. The number of ether oxygens (including phenoxy) is 4. The number of imidazole rings is 1. The Hall–Kier alpha value is -3.33. The van der Waals surface area contributed by atoms with Gasteiger partial charge in [-0.3, -0.25) is 19.0 Å². The smallest absolute Gasteiger partial charge is 0.303 e. The molecule has 1 aliphatic heterocycles. The number of anilines is 1. The molecule has 1 aliphatic rings. The van der Waals surface area contributed by atoms with Crippen molar-refractivity contribution in [2.45, 2.75) is 50.5 Å². The Kier molecular flexibility index (Phi) is 6.32. The molecule has 0 saturated carbocycles. The Morgan fingerprint density at radius 1 is 1.09 bits per heavy atom. The third-order valence-corrected chi connectivity index (χ3v) is 5.35. The fourth-order valence-corrected chi connectivity index (χ4v) is 4.10.